The molecule has 1 aromatic carbocycles. The molecule has 1 rings (SSSR count). The minimum atomic E-state index is -4.93. The summed E-state index contributed by atoms with van der Waals surface area (Å²) in [6, 6.07) is 6.85. The van der Waals surface area contributed by atoms with Gasteiger partial charge in [-0.3, -0.25) is 0 Å². The molecule has 0 radical (unpaired) electrons. The van der Waals surface area contributed by atoms with Gasteiger partial charge in [-0.25, -0.2) is 4.79 Å². The Morgan fingerprint density at radius 2 is 1.75 bits per heavy atom. The molecule has 0 saturated carbocycles. The Balaban J connectivity index is 2.94. The number of hydrogen-bond donors (Lipinski definition) is 0. The summed E-state index contributed by atoms with van der Waals surface area (Å²) in [5, 5.41) is 0. The van der Waals surface area contributed by atoms with Crippen LogP contribution in [0.25, 0.3) is 0 Å². The predicted octanol–water partition coefficient (Wildman–Crippen LogP) is 4.99. The quantitative estimate of drug-likeness (QED) is 0.467. The van der Waals surface area contributed by atoms with E-state index in [1.54, 1.807) is 13.0 Å². The zero-order valence-corrected chi connectivity index (χ0v) is 14.4. The van der Waals surface area contributed by atoms with Crippen LogP contribution in [0.5, 0.6) is 0 Å². The highest BCUT2D eigenvalue weighted by atomic mass is 19.4. The molecule has 0 aliphatic heterocycles. The van der Waals surface area contributed by atoms with E-state index in [1.165, 1.54) is 24.3 Å². The van der Waals surface area contributed by atoms with Crippen molar-refractivity contribution < 1.29 is 27.4 Å². The van der Waals surface area contributed by atoms with E-state index in [9.17, 15) is 18.0 Å². The lowest BCUT2D eigenvalue weighted by atomic mass is 9.92. The molecule has 0 amide bonds. The molecular weight excluding hydrogens is 321 g/mol. The van der Waals surface area contributed by atoms with E-state index >= 15 is 0 Å². The molecule has 0 bridgehead atoms. The van der Waals surface area contributed by atoms with Crippen LogP contribution in [0.1, 0.15) is 51.5 Å². The first kappa shape index (κ1) is 20.5. The van der Waals surface area contributed by atoms with E-state index in [-0.39, 0.29) is 5.56 Å². The van der Waals surface area contributed by atoms with Gasteiger partial charge < -0.3 is 9.47 Å². The molecule has 6 heteroatoms. The zero-order chi connectivity index (χ0) is 18.2. The van der Waals surface area contributed by atoms with Crippen molar-refractivity contribution in [3.8, 4) is 0 Å². The molecule has 0 aliphatic rings. The number of alkyl halides is 3. The second-order valence-corrected chi connectivity index (χ2v) is 5.81. The Hall–Kier alpha value is -1.56. The first-order chi connectivity index (χ1) is 11.3. The maximum Gasteiger partial charge on any atom is 0.432 e. The molecule has 0 N–H and O–H groups in total. The van der Waals surface area contributed by atoms with E-state index in [1.807, 2.05) is 0 Å². The van der Waals surface area contributed by atoms with E-state index in [4.69, 9.17) is 9.47 Å². The van der Waals surface area contributed by atoms with Crippen molar-refractivity contribution >= 4 is 5.97 Å². The normalized spacial score (nSPS) is 15.6. The van der Waals surface area contributed by atoms with Crippen LogP contribution in [0.2, 0.25) is 0 Å². The van der Waals surface area contributed by atoms with Crippen LogP contribution in [0.15, 0.2) is 30.3 Å². The number of hydrogen-bond acceptors (Lipinski definition) is 3. The number of methoxy groups -OCH3 is 1. The Kier molecular flexibility index (Phi) is 7.73. The number of unbranched alkanes of at least 4 members (excludes halogenated alkanes) is 3. The van der Waals surface area contributed by atoms with Crippen molar-refractivity contribution in [2.45, 2.75) is 63.8 Å². The third kappa shape index (κ3) is 4.72. The van der Waals surface area contributed by atoms with Crippen molar-refractivity contribution in [3.05, 3.63) is 35.9 Å². The summed E-state index contributed by atoms with van der Waals surface area (Å²) in [5.74, 6) is -1.42. The van der Waals surface area contributed by atoms with Crippen LogP contribution in [0.4, 0.5) is 13.2 Å². The number of halogens is 3. The number of rotatable bonds is 9. The maximum absolute atomic E-state index is 13.7. The average molecular weight is 346 g/mol. The minimum absolute atomic E-state index is 0.289. The standard InChI is InChI=1S/C18H25F3O3/c1-4-5-6-8-11-14(2)24-16(22)17(23-3,18(19,20)21)15-12-9-7-10-13-15/h7,9-10,12-14H,4-6,8,11H2,1-3H3/t14-,17-/m0/s1. The lowest BCUT2D eigenvalue weighted by Gasteiger charge is -2.33. The van der Waals surface area contributed by atoms with Gasteiger partial charge in [-0.15, -0.1) is 0 Å². The van der Waals surface area contributed by atoms with Gasteiger partial charge in [0.2, 0.25) is 0 Å². The van der Waals surface area contributed by atoms with E-state index in [0.717, 1.165) is 32.8 Å². The Labute approximate surface area is 141 Å². The van der Waals surface area contributed by atoms with Gasteiger partial charge in [-0.05, 0) is 19.8 Å². The van der Waals surface area contributed by atoms with Gasteiger partial charge >= 0.3 is 12.1 Å². The van der Waals surface area contributed by atoms with Gasteiger partial charge in [-0.2, -0.15) is 13.2 Å². The molecule has 0 heterocycles. The number of ether oxygens (including phenoxy) is 2. The van der Waals surface area contributed by atoms with Crippen LogP contribution >= 0.6 is 0 Å². The van der Waals surface area contributed by atoms with Crippen molar-refractivity contribution in [2.75, 3.05) is 7.11 Å². The summed E-state index contributed by atoms with van der Waals surface area (Å²) < 4.78 is 50.8. The topological polar surface area (TPSA) is 35.5 Å². The molecule has 0 unspecified atom stereocenters. The molecule has 2 atom stereocenters. The lowest BCUT2D eigenvalue weighted by molar-refractivity contribution is -0.278. The summed E-state index contributed by atoms with van der Waals surface area (Å²) in [6.45, 7) is 3.67. The SMILES string of the molecule is CCCCCC[C@H](C)OC(=O)[C@@](OC)(c1ccccc1)C(F)(F)F. The molecule has 3 nitrogen and oxygen atoms in total. The molecule has 0 aliphatic carbocycles. The molecular formula is C18H25F3O3. The lowest BCUT2D eigenvalue weighted by Crippen LogP contribution is -2.52. The number of esters is 1. The second kappa shape index (κ2) is 9.06. The highest BCUT2D eigenvalue weighted by molar-refractivity contribution is 5.82. The van der Waals surface area contributed by atoms with E-state index in [0.29, 0.717) is 6.42 Å². The number of carbonyl (C=O) groups is 1. The summed E-state index contributed by atoms with van der Waals surface area (Å²) in [7, 11) is 0.869. The fourth-order valence-corrected chi connectivity index (χ4v) is 2.57. The first-order valence-corrected chi connectivity index (χ1v) is 8.18. The monoisotopic (exact) mass is 346 g/mol. The van der Waals surface area contributed by atoms with Gasteiger partial charge in [0.15, 0.2) is 0 Å². The fraction of sp³-hybridized carbons (Fsp3) is 0.611. The molecule has 0 aromatic heterocycles. The maximum atomic E-state index is 13.7. The molecule has 0 spiro atoms. The fourth-order valence-electron chi connectivity index (χ4n) is 2.57. The van der Waals surface area contributed by atoms with Crippen molar-refractivity contribution in [3.63, 3.8) is 0 Å². The first-order valence-electron chi connectivity index (χ1n) is 8.18. The summed E-state index contributed by atoms with van der Waals surface area (Å²) in [5.41, 5.74) is -3.39. The number of benzene rings is 1. The van der Waals surface area contributed by atoms with Crippen LogP contribution < -0.4 is 0 Å². The predicted molar refractivity (Wildman–Crippen MR) is 85.5 cm³/mol. The van der Waals surface area contributed by atoms with Crippen LogP contribution in [0, 0.1) is 0 Å². The van der Waals surface area contributed by atoms with Gasteiger partial charge in [0.05, 0.1) is 6.10 Å². The molecule has 1 aromatic rings. The van der Waals surface area contributed by atoms with Gasteiger partial charge in [0.25, 0.3) is 5.60 Å². The van der Waals surface area contributed by atoms with Crippen molar-refractivity contribution in [1.82, 2.24) is 0 Å². The minimum Gasteiger partial charge on any atom is -0.460 e. The second-order valence-electron chi connectivity index (χ2n) is 5.81. The smallest absolute Gasteiger partial charge is 0.432 e. The number of carbonyl (C=O) groups excluding carboxylic acids is 1. The summed E-state index contributed by atoms with van der Waals surface area (Å²) in [4.78, 5) is 12.4. The Bertz CT molecular complexity index is 502. The molecule has 0 saturated heterocycles. The third-order valence-electron chi connectivity index (χ3n) is 3.95. The van der Waals surface area contributed by atoms with E-state index in [2.05, 4.69) is 6.92 Å². The van der Waals surface area contributed by atoms with Gasteiger partial charge in [0, 0.05) is 12.7 Å². The summed E-state index contributed by atoms with van der Waals surface area (Å²) in [6.07, 6.45) is -1.13. The molecule has 24 heavy (non-hydrogen) atoms. The van der Waals surface area contributed by atoms with Crippen LogP contribution in [-0.2, 0) is 19.9 Å². The van der Waals surface area contributed by atoms with Gasteiger partial charge in [-0.1, -0.05) is 56.5 Å². The van der Waals surface area contributed by atoms with Crippen molar-refractivity contribution in [1.29, 1.82) is 0 Å². The largest absolute Gasteiger partial charge is 0.460 e. The molecule has 0 fully saturated rings. The van der Waals surface area contributed by atoms with Crippen molar-refractivity contribution in [2.24, 2.45) is 0 Å². The van der Waals surface area contributed by atoms with Crippen LogP contribution in [-0.4, -0.2) is 25.4 Å². The third-order valence-corrected chi connectivity index (χ3v) is 3.95. The van der Waals surface area contributed by atoms with Crippen LogP contribution in [0.3, 0.4) is 0 Å². The molecule has 136 valence electrons. The van der Waals surface area contributed by atoms with Gasteiger partial charge in [0.1, 0.15) is 0 Å². The zero-order valence-electron chi connectivity index (χ0n) is 14.4. The summed E-state index contributed by atoms with van der Waals surface area (Å²) >= 11 is 0. The Morgan fingerprint density at radius 1 is 1.12 bits per heavy atom. The average Bonchev–Trinajstić information content (AvgIpc) is 2.52. The highest BCUT2D eigenvalue weighted by Crippen LogP contribution is 2.43. The highest BCUT2D eigenvalue weighted by Gasteiger charge is 2.64. The van der Waals surface area contributed by atoms with E-state index < -0.39 is 23.9 Å². The Morgan fingerprint density at radius 3 is 2.25 bits per heavy atom.